The SMILES string of the molecule is C=CC=N/C(=C\C)c1nnc(-c2nc(N(C)C3CC3)ccc2S(=O)(=O)CC)n1C. The lowest BCUT2D eigenvalue weighted by molar-refractivity contribution is 0.597. The molecule has 1 aliphatic rings. The van der Waals surface area contributed by atoms with E-state index in [1.807, 2.05) is 20.0 Å². The third-order valence-corrected chi connectivity index (χ3v) is 6.68. The van der Waals surface area contributed by atoms with Crippen molar-refractivity contribution >= 4 is 27.6 Å². The number of allylic oxidation sites excluding steroid dienone is 2. The Hall–Kier alpha value is -2.81. The summed E-state index contributed by atoms with van der Waals surface area (Å²) in [5, 5.41) is 8.49. The van der Waals surface area contributed by atoms with Crippen molar-refractivity contribution < 1.29 is 8.42 Å². The summed E-state index contributed by atoms with van der Waals surface area (Å²) < 4.78 is 27.1. The Morgan fingerprint density at radius 3 is 2.69 bits per heavy atom. The van der Waals surface area contributed by atoms with E-state index in [1.165, 1.54) is 0 Å². The average molecular weight is 415 g/mol. The maximum Gasteiger partial charge on any atom is 0.184 e. The van der Waals surface area contributed by atoms with Crippen molar-refractivity contribution in [2.75, 3.05) is 17.7 Å². The van der Waals surface area contributed by atoms with Gasteiger partial charge < -0.3 is 9.47 Å². The Balaban J connectivity index is 2.17. The second-order valence-corrected chi connectivity index (χ2v) is 9.10. The van der Waals surface area contributed by atoms with Crippen LogP contribution in [-0.2, 0) is 16.9 Å². The number of aliphatic imine (C=N–C) groups is 1. The van der Waals surface area contributed by atoms with Gasteiger partial charge in [0.1, 0.15) is 17.2 Å². The lowest BCUT2D eigenvalue weighted by Gasteiger charge is -2.19. The van der Waals surface area contributed by atoms with Crippen LogP contribution in [0.5, 0.6) is 0 Å². The standard InChI is InChI=1S/C20H26N6O2S/c1-6-13-21-15(7-2)19-23-24-20(26(19)5)18-16(29(27,28)8-3)11-12-17(22-18)25(4)14-9-10-14/h6-7,11-14H,1,8-10H2,2-5H3/b15-7-,21-13?. The highest BCUT2D eigenvalue weighted by Gasteiger charge is 2.29. The first-order chi connectivity index (χ1) is 13.8. The van der Waals surface area contributed by atoms with Crippen molar-refractivity contribution in [3.05, 3.63) is 36.7 Å². The van der Waals surface area contributed by atoms with Gasteiger partial charge in [-0.05, 0) is 31.9 Å². The molecular weight excluding hydrogens is 388 g/mol. The van der Waals surface area contributed by atoms with Crippen LogP contribution in [0.2, 0.25) is 0 Å². The Bertz CT molecular complexity index is 1080. The topological polar surface area (TPSA) is 93.3 Å². The van der Waals surface area contributed by atoms with E-state index in [-0.39, 0.29) is 10.6 Å². The van der Waals surface area contributed by atoms with Crippen molar-refractivity contribution in [1.82, 2.24) is 19.7 Å². The fourth-order valence-corrected chi connectivity index (χ4v) is 4.02. The number of rotatable bonds is 8. The molecule has 1 aliphatic carbocycles. The second-order valence-electron chi connectivity index (χ2n) is 6.86. The van der Waals surface area contributed by atoms with Gasteiger partial charge in [-0.1, -0.05) is 25.7 Å². The van der Waals surface area contributed by atoms with Gasteiger partial charge in [-0.3, -0.25) is 4.99 Å². The monoisotopic (exact) mass is 414 g/mol. The van der Waals surface area contributed by atoms with Crippen LogP contribution in [0, 0.1) is 0 Å². The molecule has 0 saturated heterocycles. The minimum Gasteiger partial charge on any atom is -0.357 e. The van der Waals surface area contributed by atoms with Crippen LogP contribution in [0.15, 0.2) is 40.8 Å². The van der Waals surface area contributed by atoms with Crippen molar-refractivity contribution in [3.8, 4) is 11.5 Å². The molecule has 29 heavy (non-hydrogen) atoms. The zero-order valence-electron chi connectivity index (χ0n) is 17.2. The zero-order chi connectivity index (χ0) is 21.2. The molecule has 0 atom stereocenters. The van der Waals surface area contributed by atoms with Gasteiger partial charge in [-0.2, -0.15) is 0 Å². The third-order valence-electron chi connectivity index (χ3n) is 4.92. The van der Waals surface area contributed by atoms with Crippen LogP contribution in [-0.4, -0.2) is 53.2 Å². The van der Waals surface area contributed by atoms with Crippen LogP contribution in [0.3, 0.4) is 0 Å². The van der Waals surface area contributed by atoms with Gasteiger partial charge in [-0.25, -0.2) is 13.4 Å². The number of aromatic nitrogens is 4. The molecule has 0 amide bonds. The lowest BCUT2D eigenvalue weighted by Crippen LogP contribution is -2.21. The Labute approximate surface area is 171 Å². The summed E-state index contributed by atoms with van der Waals surface area (Å²) in [6.45, 7) is 7.09. The van der Waals surface area contributed by atoms with Crippen molar-refractivity contribution in [3.63, 3.8) is 0 Å². The molecule has 8 nitrogen and oxygen atoms in total. The summed E-state index contributed by atoms with van der Waals surface area (Å²) in [7, 11) is 0.260. The first kappa shape index (κ1) is 20.9. The maximum absolute atomic E-state index is 12.7. The number of anilines is 1. The van der Waals surface area contributed by atoms with Gasteiger partial charge in [-0.15, -0.1) is 10.2 Å². The van der Waals surface area contributed by atoms with Crippen LogP contribution in [0.4, 0.5) is 5.82 Å². The van der Waals surface area contributed by atoms with Gasteiger partial charge in [0.05, 0.1) is 10.6 Å². The average Bonchev–Trinajstić information content (AvgIpc) is 3.51. The minimum absolute atomic E-state index is 0.0199. The van der Waals surface area contributed by atoms with Gasteiger partial charge in [0, 0.05) is 26.4 Å². The fourth-order valence-electron chi connectivity index (χ4n) is 3.00. The highest BCUT2D eigenvalue weighted by atomic mass is 32.2. The molecule has 9 heteroatoms. The molecule has 0 radical (unpaired) electrons. The first-order valence-corrected chi connectivity index (χ1v) is 11.2. The Kier molecular flexibility index (Phi) is 5.97. The predicted molar refractivity (Wildman–Crippen MR) is 116 cm³/mol. The Morgan fingerprint density at radius 1 is 1.38 bits per heavy atom. The fraction of sp³-hybridized carbons (Fsp3) is 0.400. The molecule has 154 valence electrons. The van der Waals surface area contributed by atoms with Crippen molar-refractivity contribution in [2.45, 2.75) is 37.6 Å². The second kappa shape index (κ2) is 8.28. The van der Waals surface area contributed by atoms with Gasteiger partial charge in [0.2, 0.25) is 0 Å². The molecule has 2 aromatic rings. The van der Waals surface area contributed by atoms with E-state index in [4.69, 9.17) is 0 Å². The van der Waals surface area contributed by atoms with E-state index in [1.54, 1.807) is 43.0 Å². The molecule has 0 N–H and O–H groups in total. The summed E-state index contributed by atoms with van der Waals surface area (Å²) in [5.74, 6) is 1.60. The third kappa shape index (κ3) is 4.14. The van der Waals surface area contributed by atoms with E-state index in [9.17, 15) is 8.42 Å². The molecule has 0 unspecified atom stereocenters. The van der Waals surface area contributed by atoms with Crippen molar-refractivity contribution in [1.29, 1.82) is 0 Å². The summed E-state index contributed by atoms with van der Waals surface area (Å²) >= 11 is 0. The molecule has 2 heterocycles. The lowest BCUT2D eigenvalue weighted by atomic mass is 10.3. The van der Waals surface area contributed by atoms with E-state index in [0.717, 1.165) is 18.7 Å². The minimum atomic E-state index is -3.49. The summed E-state index contributed by atoms with van der Waals surface area (Å²) in [6.07, 6.45) is 7.18. The number of pyridine rings is 1. The van der Waals surface area contributed by atoms with E-state index >= 15 is 0 Å². The van der Waals surface area contributed by atoms with Crippen LogP contribution in [0.1, 0.15) is 32.5 Å². The zero-order valence-corrected chi connectivity index (χ0v) is 18.0. The van der Waals surface area contributed by atoms with Crippen LogP contribution < -0.4 is 4.90 Å². The summed E-state index contributed by atoms with van der Waals surface area (Å²) in [5.41, 5.74) is 0.915. The molecule has 3 rings (SSSR count). The Morgan fingerprint density at radius 2 is 2.10 bits per heavy atom. The maximum atomic E-state index is 12.7. The molecule has 0 bridgehead atoms. The molecule has 0 spiro atoms. The quantitative estimate of drug-likeness (QED) is 0.617. The summed E-state index contributed by atoms with van der Waals surface area (Å²) in [6, 6.07) is 3.82. The van der Waals surface area contributed by atoms with Gasteiger partial charge >= 0.3 is 0 Å². The van der Waals surface area contributed by atoms with E-state index < -0.39 is 9.84 Å². The smallest absolute Gasteiger partial charge is 0.184 e. The normalized spacial score (nSPS) is 15.1. The highest BCUT2D eigenvalue weighted by molar-refractivity contribution is 7.91. The largest absolute Gasteiger partial charge is 0.357 e. The molecule has 1 saturated carbocycles. The van der Waals surface area contributed by atoms with E-state index in [0.29, 0.717) is 29.1 Å². The molecule has 2 aromatic heterocycles. The molecule has 0 aromatic carbocycles. The number of sulfone groups is 1. The highest BCUT2D eigenvalue weighted by Crippen LogP contribution is 2.33. The van der Waals surface area contributed by atoms with E-state index in [2.05, 4.69) is 31.7 Å². The van der Waals surface area contributed by atoms with Gasteiger partial charge in [0.25, 0.3) is 0 Å². The van der Waals surface area contributed by atoms with Crippen LogP contribution >= 0.6 is 0 Å². The molecule has 1 fully saturated rings. The molecular formula is C20H26N6O2S. The first-order valence-electron chi connectivity index (χ1n) is 9.52. The number of hydrogen-bond donors (Lipinski definition) is 0. The number of hydrogen-bond acceptors (Lipinski definition) is 7. The van der Waals surface area contributed by atoms with Crippen LogP contribution in [0.25, 0.3) is 17.2 Å². The summed E-state index contributed by atoms with van der Waals surface area (Å²) in [4.78, 5) is 11.2. The predicted octanol–water partition coefficient (Wildman–Crippen LogP) is 2.89. The molecule has 0 aliphatic heterocycles. The van der Waals surface area contributed by atoms with Crippen molar-refractivity contribution in [2.24, 2.45) is 12.0 Å². The number of nitrogens with zero attached hydrogens (tertiary/aromatic N) is 6. The van der Waals surface area contributed by atoms with Gasteiger partial charge in [0.15, 0.2) is 21.5 Å².